The molecule has 31 heavy (non-hydrogen) atoms. The maximum atomic E-state index is 13.8. The average molecular weight is 426 g/mol. The molecule has 1 atom stereocenters. The van der Waals surface area contributed by atoms with E-state index >= 15 is 0 Å². The summed E-state index contributed by atoms with van der Waals surface area (Å²) in [5.74, 6) is 0.346. The third-order valence-corrected chi connectivity index (χ3v) is 6.99. The summed E-state index contributed by atoms with van der Waals surface area (Å²) in [4.78, 5) is 31.3. The van der Waals surface area contributed by atoms with Gasteiger partial charge < -0.3 is 19.9 Å². The maximum absolute atomic E-state index is 13.8. The number of amides is 2. The maximum Gasteiger partial charge on any atom is 0.254 e. The van der Waals surface area contributed by atoms with E-state index in [0.717, 1.165) is 29.7 Å². The zero-order chi connectivity index (χ0) is 22.2. The number of benzene rings is 1. The molecule has 3 aliphatic heterocycles. The molecule has 4 rings (SSSR count). The van der Waals surface area contributed by atoms with Crippen molar-refractivity contribution < 1.29 is 14.3 Å². The zero-order valence-electron chi connectivity index (χ0n) is 19.2. The van der Waals surface area contributed by atoms with E-state index in [1.807, 2.05) is 28.0 Å². The summed E-state index contributed by atoms with van der Waals surface area (Å²) in [6.07, 6.45) is 1.53. The van der Waals surface area contributed by atoms with E-state index in [-0.39, 0.29) is 29.7 Å². The van der Waals surface area contributed by atoms with Crippen molar-refractivity contribution in [1.82, 2.24) is 15.1 Å². The van der Waals surface area contributed by atoms with Crippen LogP contribution in [0.25, 0.3) is 0 Å². The molecule has 1 aromatic rings. The third-order valence-electron chi connectivity index (χ3n) is 6.99. The minimum atomic E-state index is -0.451. The van der Waals surface area contributed by atoms with Crippen LogP contribution >= 0.6 is 0 Å². The molecule has 1 N–H and O–H groups in total. The lowest BCUT2D eigenvalue weighted by molar-refractivity contribution is -0.141. The van der Waals surface area contributed by atoms with Crippen LogP contribution in [0, 0.1) is 11.8 Å². The van der Waals surface area contributed by atoms with E-state index in [2.05, 4.69) is 45.1 Å². The molecule has 2 amide bonds. The van der Waals surface area contributed by atoms with Crippen molar-refractivity contribution in [3.8, 4) is 0 Å². The second kappa shape index (κ2) is 8.65. The van der Waals surface area contributed by atoms with Gasteiger partial charge in [-0.2, -0.15) is 0 Å². The number of carbonyl (C=O) groups is 2. The molecule has 1 aromatic carbocycles. The summed E-state index contributed by atoms with van der Waals surface area (Å²) < 4.78 is 5.47. The first-order valence-corrected chi connectivity index (χ1v) is 11.5. The van der Waals surface area contributed by atoms with Crippen LogP contribution in [-0.2, 0) is 20.9 Å². The Hall–Kier alpha value is -2.34. The van der Waals surface area contributed by atoms with Gasteiger partial charge in [-0.1, -0.05) is 44.2 Å². The highest BCUT2D eigenvalue weighted by Gasteiger charge is 2.51. The molecule has 1 saturated heterocycles. The largest absolute Gasteiger partial charge is 0.384 e. The van der Waals surface area contributed by atoms with E-state index < -0.39 is 5.54 Å². The molecule has 0 radical (unpaired) electrons. The van der Waals surface area contributed by atoms with Crippen LogP contribution in [-0.4, -0.2) is 59.5 Å². The van der Waals surface area contributed by atoms with Crippen LogP contribution in [0.3, 0.4) is 0 Å². The molecule has 3 heterocycles. The van der Waals surface area contributed by atoms with Gasteiger partial charge in [0.25, 0.3) is 5.91 Å². The number of carbonyl (C=O) groups excluding carboxylic acids is 2. The van der Waals surface area contributed by atoms with Gasteiger partial charge in [0, 0.05) is 44.5 Å². The number of nitrogens with one attached hydrogen (secondary N) is 1. The van der Waals surface area contributed by atoms with Crippen LogP contribution in [0.1, 0.15) is 46.1 Å². The Bertz CT molecular complexity index is 856. The highest BCUT2D eigenvalue weighted by Crippen LogP contribution is 2.40. The first-order chi connectivity index (χ1) is 14.8. The van der Waals surface area contributed by atoms with Crippen LogP contribution in [0.5, 0.6) is 0 Å². The fraction of sp³-hybridized carbons (Fsp3) is 0.600. The summed E-state index contributed by atoms with van der Waals surface area (Å²) in [7, 11) is 0. The van der Waals surface area contributed by atoms with Crippen LogP contribution in [0.4, 0.5) is 0 Å². The van der Waals surface area contributed by atoms with E-state index in [1.54, 1.807) is 0 Å². The summed E-state index contributed by atoms with van der Waals surface area (Å²) in [5.41, 5.74) is 2.41. The van der Waals surface area contributed by atoms with Crippen molar-refractivity contribution in [2.75, 3.05) is 26.3 Å². The predicted octanol–water partition coefficient (Wildman–Crippen LogP) is 2.94. The average Bonchev–Trinajstić information content (AvgIpc) is 2.92. The first-order valence-electron chi connectivity index (χ1n) is 11.5. The van der Waals surface area contributed by atoms with Crippen molar-refractivity contribution in [2.45, 2.75) is 58.7 Å². The minimum absolute atomic E-state index is 0.0120. The standard InChI is InChI=1S/C25H35N3O3/c1-17(2)21-20-22(26-12-13-27(21)23(29)19-10-14-31-15-11-19)25(3,4)28(24(20)30)16-18-8-6-5-7-9-18/h5-9,17,19,21,26H,10-16H2,1-4H3. The van der Waals surface area contributed by atoms with Crippen LogP contribution in [0.15, 0.2) is 41.6 Å². The number of rotatable bonds is 4. The third kappa shape index (κ3) is 3.98. The fourth-order valence-electron chi connectivity index (χ4n) is 5.31. The Balaban J connectivity index is 1.68. The molecule has 168 valence electrons. The SMILES string of the molecule is CC(C)C1C2=C(NCCN1C(=O)C1CCOCC1)C(C)(C)N(Cc1ccccc1)C2=O. The smallest absolute Gasteiger partial charge is 0.254 e. The van der Waals surface area contributed by atoms with Crippen molar-refractivity contribution in [2.24, 2.45) is 11.8 Å². The van der Waals surface area contributed by atoms with Gasteiger partial charge in [-0.05, 0) is 38.2 Å². The highest BCUT2D eigenvalue weighted by molar-refractivity contribution is 6.00. The summed E-state index contributed by atoms with van der Waals surface area (Å²) >= 11 is 0. The number of hydrogen-bond donors (Lipinski definition) is 1. The van der Waals surface area contributed by atoms with Crippen LogP contribution < -0.4 is 5.32 Å². The van der Waals surface area contributed by atoms with Crippen molar-refractivity contribution in [1.29, 1.82) is 0 Å². The van der Waals surface area contributed by atoms with E-state index in [1.165, 1.54) is 0 Å². The normalized spacial score (nSPS) is 24.3. The van der Waals surface area contributed by atoms with Crippen molar-refractivity contribution in [3.05, 3.63) is 47.2 Å². The molecule has 1 unspecified atom stereocenters. The molecule has 0 bridgehead atoms. The predicted molar refractivity (Wildman–Crippen MR) is 120 cm³/mol. The van der Waals surface area contributed by atoms with Gasteiger partial charge in [0.15, 0.2) is 0 Å². The molecule has 0 aliphatic carbocycles. The lowest BCUT2D eigenvalue weighted by Crippen LogP contribution is -2.51. The van der Waals surface area contributed by atoms with E-state index in [9.17, 15) is 9.59 Å². The van der Waals surface area contributed by atoms with Gasteiger partial charge in [0.1, 0.15) is 0 Å². The van der Waals surface area contributed by atoms with Crippen molar-refractivity contribution in [3.63, 3.8) is 0 Å². The number of nitrogens with zero attached hydrogens (tertiary/aromatic N) is 2. The van der Waals surface area contributed by atoms with Crippen LogP contribution in [0.2, 0.25) is 0 Å². The lowest BCUT2D eigenvalue weighted by atomic mass is 9.89. The summed E-state index contributed by atoms with van der Waals surface area (Å²) in [5, 5.41) is 3.55. The molecule has 1 fully saturated rings. The molecule has 3 aliphatic rings. The Morgan fingerprint density at radius 1 is 1.19 bits per heavy atom. The Labute approximate surface area is 185 Å². The second-order valence-corrected chi connectivity index (χ2v) is 9.76. The molecular weight excluding hydrogens is 390 g/mol. The minimum Gasteiger partial charge on any atom is -0.384 e. The Morgan fingerprint density at radius 2 is 1.87 bits per heavy atom. The lowest BCUT2D eigenvalue weighted by Gasteiger charge is -2.38. The van der Waals surface area contributed by atoms with Gasteiger partial charge >= 0.3 is 0 Å². The Morgan fingerprint density at radius 3 is 2.52 bits per heavy atom. The topological polar surface area (TPSA) is 61.9 Å². The van der Waals surface area contributed by atoms with Gasteiger partial charge in [0.2, 0.25) is 5.91 Å². The second-order valence-electron chi connectivity index (χ2n) is 9.76. The molecule has 0 spiro atoms. The van der Waals surface area contributed by atoms with Crippen molar-refractivity contribution >= 4 is 11.8 Å². The van der Waals surface area contributed by atoms with Gasteiger partial charge in [-0.15, -0.1) is 0 Å². The quantitative estimate of drug-likeness (QED) is 0.806. The summed E-state index contributed by atoms with van der Waals surface area (Å²) in [6, 6.07) is 9.90. The molecule has 6 heteroatoms. The monoisotopic (exact) mass is 425 g/mol. The fourth-order valence-corrected chi connectivity index (χ4v) is 5.31. The molecule has 0 saturated carbocycles. The molecule has 6 nitrogen and oxygen atoms in total. The van der Waals surface area contributed by atoms with Gasteiger partial charge in [-0.3, -0.25) is 9.59 Å². The van der Waals surface area contributed by atoms with E-state index in [0.29, 0.717) is 32.8 Å². The molecular formula is C25H35N3O3. The molecule has 0 aromatic heterocycles. The van der Waals surface area contributed by atoms with Gasteiger partial charge in [0.05, 0.1) is 17.2 Å². The Kier molecular flexibility index (Phi) is 6.11. The highest BCUT2D eigenvalue weighted by atomic mass is 16.5. The zero-order valence-corrected chi connectivity index (χ0v) is 19.2. The van der Waals surface area contributed by atoms with E-state index in [4.69, 9.17) is 4.74 Å². The number of hydrogen-bond acceptors (Lipinski definition) is 4. The number of ether oxygens (including phenoxy) is 1. The van der Waals surface area contributed by atoms with Gasteiger partial charge in [-0.25, -0.2) is 0 Å². The first kappa shape index (κ1) is 21.9. The summed E-state index contributed by atoms with van der Waals surface area (Å²) in [6.45, 7) is 11.6.